The van der Waals surface area contributed by atoms with E-state index < -0.39 is 23.8 Å². The van der Waals surface area contributed by atoms with E-state index in [-0.39, 0.29) is 18.1 Å². The predicted molar refractivity (Wildman–Crippen MR) is 72.5 cm³/mol. The number of likely N-dealkylation sites (tertiary alicyclic amines) is 1. The van der Waals surface area contributed by atoms with E-state index in [9.17, 15) is 18.7 Å². The Morgan fingerprint density at radius 3 is 2.71 bits per heavy atom. The number of aliphatic hydroxyl groups excluding tert-OH is 1. The van der Waals surface area contributed by atoms with Gasteiger partial charge in [0.05, 0.1) is 18.8 Å². The molecule has 0 aliphatic carbocycles. The van der Waals surface area contributed by atoms with E-state index in [0.717, 1.165) is 25.0 Å². The minimum Gasteiger partial charge on any atom is -0.468 e. The van der Waals surface area contributed by atoms with Gasteiger partial charge >= 0.3 is 5.97 Å². The van der Waals surface area contributed by atoms with Crippen molar-refractivity contribution in [1.82, 2.24) is 4.90 Å². The van der Waals surface area contributed by atoms with Crippen molar-refractivity contribution in [3.05, 3.63) is 35.4 Å². The van der Waals surface area contributed by atoms with Crippen LogP contribution in [0.4, 0.5) is 8.78 Å². The molecule has 116 valence electrons. The Labute approximate surface area is 122 Å². The molecular formula is C15H19F2NO3. The quantitative estimate of drug-likeness (QED) is 0.864. The van der Waals surface area contributed by atoms with Gasteiger partial charge in [-0.3, -0.25) is 9.69 Å². The number of rotatable bonds is 4. The Morgan fingerprint density at radius 1 is 1.43 bits per heavy atom. The summed E-state index contributed by atoms with van der Waals surface area (Å²) in [5, 5.41) is 10.1. The number of β-amino-alcohol motifs (C(OH)–C–C–N with tert-alkyl or cyclic N) is 1. The Hall–Kier alpha value is -1.53. The third kappa shape index (κ3) is 3.57. The molecule has 1 aromatic rings. The van der Waals surface area contributed by atoms with Crippen molar-refractivity contribution < 1.29 is 23.4 Å². The highest BCUT2D eigenvalue weighted by Gasteiger charge is 2.32. The Kier molecular flexibility index (Phi) is 5.25. The number of methoxy groups -OCH3 is 1. The number of esters is 1. The molecule has 0 bridgehead atoms. The monoisotopic (exact) mass is 299 g/mol. The van der Waals surface area contributed by atoms with Gasteiger partial charge in [0.25, 0.3) is 0 Å². The highest BCUT2D eigenvalue weighted by atomic mass is 19.1. The molecule has 21 heavy (non-hydrogen) atoms. The Bertz CT molecular complexity index is 489. The summed E-state index contributed by atoms with van der Waals surface area (Å²) < 4.78 is 32.1. The summed E-state index contributed by atoms with van der Waals surface area (Å²) in [6.07, 6.45) is 1.07. The molecule has 1 N–H and O–H groups in total. The van der Waals surface area contributed by atoms with E-state index in [0.29, 0.717) is 13.0 Å². The van der Waals surface area contributed by atoms with Gasteiger partial charge < -0.3 is 9.84 Å². The zero-order valence-electron chi connectivity index (χ0n) is 11.9. The van der Waals surface area contributed by atoms with E-state index in [1.807, 2.05) is 0 Å². The zero-order valence-corrected chi connectivity index (χ0v) is 11.9. The Morgan fingerprint density at radius 2 is 2.10 bits per heavy atom. The van der Waals surface area contributed by atoms with Crippen molar-refractivity contribution in [2.75, 3.05) is 20.2 Å². The number of ether oxygens (including phenoxy) is 1. The molecule has 6 heteroatoms. The number of hydrogen-bond donors (Lipinski definition) is 1. The first-order valence-electron chi connectivity index (χ1n) is 6.98. The van der Waals surface area contributed by atoms with Crippen LogP contribution in [0.2, 0.25) is 0 Å². The summed E-state index contributed by atoms with van der Waals surface area (Å²) in [7, 11) is 1.31. The molecule has 0 saturated carbocycles. The highest BCUT2D eigenvalue weighted by Crippen LogP contribution is 2.25. The second-order valence-corrected chi connectivity index (χ2v) is 5.18. The molecule has 1 aliphatic rings. The van der Waals surface area contributed by atoms with E-state index in [1.165, 1.54) is 13.2 Å². The van der Waals surface area contributed by atoms with E-state index in [2.05, 4.69) is 0 Å². The van der Waals surface area contributed by atoms with Gasteiger partial charge in [0.15, 0.2) is 0 Å². The number of piperidine rings is 1. The van der Waals surface area contributed by atoms with Crippen molar-refractivity contribution in [2.24, 2.45) is 0 Å². The second-order valence-electron chi connectivity index (χ2n) is 5.18. The van der Waals surface area contributed by atoms with Gasteiger partial charge in [-0.05, 0) is 31.5 Å². The lowest BCUT2D eigenvalue weighted by molar-refractivity contribution is -0.149. The van der Waals surface area contributed by atoms with Crippen molar-refractivity contribution >= 4 is 5.97 Å². The fourth-order valence-corrected chi connectivity index (χ4v) is 2.75. The summed E-state index contributed by atoms with van der Waals surface area (Å²) in [5.41, 5.74) is -0.355. The van der Waals surface area contributed by atoms with Gasteiger partial charge in [-0.25, -0.2) is 8.78 Å². The maximum atomic E-state index is 13.7. The van der Waals surface area contributed by atoms with E-state index >= 15 is 0 Å². The van der Waals surface area contributed by atoms with Crippen molar-refractivity contribution in [3.8, 4) is 0 Å². The first-order chi connectivity index (χ1) is 10.0. The van der Waals surface area contributed by atoms with Crippen LogP contribution in [0.25, 0.3) is 0 Å². The lowest BCUT2D eigenvalue weighted by Crippen LogP contribution is -2.47. The highest BCUT2D eigenvalue weighted by molar-refractivity contribution is 5.75. The smallest absolute Gasteiger partial charge is 0.323 e. The van der Waals surface area contributed by atoms with Gasteiger partial charge in [0.2, 0.25) is 0 Å². The summed E-state index contributed by atoms with van der Waals surface area (Å²) in [5.74, 6) is -1.95. The molecule has 0 amide bonds. The first-order valence-corrected chi connectivity index (χ1v) is 6.98. The third-order valence-corrected chi connectivity index (χ3v) is 3.83. The lowest BCUT2D eigenvalue weighted by atomic mass is 10.00. The zero-order chi connectivity index (χ0) is 15.4. The van der Waals surface area contributed by atoms with E-state index in [1.54, 1.807) is 4.90 Å². The van der Waals surface area contributed by atoms with Crippen LogP contribution in [-0.2, 0) is 9.53 Å². The molecule has 2 atom stereocenters. The molecule has 2 rings (SSSR count). The van der Waals surface area contributed by atoms with Crippen LogP contribution >= 0.6 is 0 Å². The summed E-state index contributed by atoms with van der Waals surface area (Å²) in [4.78, 5) is 13.5. The van der Waals surface area contributed by atoms with Crippen molar-refractivity contribution in [3.63, 3.8) is 0 Å². The normalized spacial score (nSPS) is 21.0. The maximum absolute atomic E-state index is 13.7. The molecule has 1 saturated heterocycles. The summed E-state index contributed by atoms with van der Waals surface area (Å²) in [6, 6.07) is 3.00. The number of hydrogen-bond acceptors (Lipinski definition) is 4. The van der Waals surface area contributed by atoms with Crippen LogP contribution in [0.1, 0.15) is 30.9 Å². The second kappa shape index (κ2) is 6.95. The van der Waals surface area contributed by atoms with Crippen LogP contribution < -0.4 is 0 Å². The molecule has 4 nitrogen and oxygen atoms in total. The first kappa shape index (κ1) is 15.9. The molecular weight excluding hydrogens is 280 g/mol. The third-order valence-electron chi connectivity index (χ3n) is 3.83. The molecule has 0 aromatic heterocycles. The van der Waals surface area contributed by atoms with Gasteiger partial charge in [-0.15, -0.1) is 0 Å². The van der Waals surface area contributed by atoms with Gasteiger partial charge in [0.1, 0.15) is 17.7 Å². The molecule has 1 aliphatic heterocycles. The number of aliphatic hydroxyl groups is 1. The standard InChI is InChI=1S/C15H19F2NO3/c1-21-15(20)12-7-2-3-8-18(12)9-13(19)14-10(16)5-4-6-11(14)17/h4-6,12-13,19H,2-3,7-9H2,1H3. The van der Waals surface area contributed by atoms with Gasteiger partial charge in [0, 0.05) is 6.54 Å². The largest absolute Gasteiger partial charge is 0.468 e. The minimum atomic E-state index is -1.32. The summed E-state index contributed by atoms with van der Waals surface area (Å²) in [6.45, 7) is 0.588. The topological polar surface area (TPSA) is 49.8 Å². The number of carbonyl (C=O) groups excluding carboxylic acids is 1. The molecule has 0 radical (unpaired) electrons. The number of carbonyl (C=O) groups is 1. The minimum absolute atomic E-state index is 0.00236. The number of benzene rings is 1. The molecule has 2 unspecified atom stereocenters. The van der Waals surface area contributed by atoms with Crippen molar-refractivity contribution in [1.29, 1.82) is 0 Å². The maximum Gasteiger partial charge on any atom is 0.323 e. The molecule has 1 heterocycles. The average Bonchev–Trinajstić information content (AvgIpc) is 2.47. The average molecular weight is 299 g/mol. The van der Waals surface area contributed by atoms with Crippen LogP contribution in [0.15, 0.2) is 18.2 Å². The predicted octanol–water partition coefficient (Wildman–Crippen LogP) is 2.03. The SMILES string of the molecule is COC(=O)C1CCCCN1CC(O)c1c(F)cccc1F. The lowest BCUT2D eigenvalue weighted by Gasteiger charge is -2.35. The van der Waals surface area contributed by atoms with Crippen LogP contribution in [-0.4, -0.2) is 42.2 Å². The van der Waals surface area contributed by atoms with Gasteiger partial charge in [-0.2, -0.15) is 0 Å². The summed E-state index contributed by atoms with van der Waals surface area (Å²) >= 11 is 0. The molecule has 0 spiro atoms. The fourth-order valence-electron chi connectivity index (χ4n) is 2.75. The fraction of sp³-hybridized carbons (Fsp3) is 0.533. The van der Waals surface area contributed by atoms with Crippen molar-refractivity contribution in [2.45, 2.75) is 31.4 Å². The van der Waals surface area contributed by atoms with E-state index in [4.69, 9.17) is 4.74 Å². The van der Waals surface area contributed by atoms with Crippen LogP contribution in [0, 0.1) is 11.6 Å². The molecule has 1 fully saturated rings. The number of nitrogens with zero attached hydrogens (tertiary/aromatic N) is 1. The van der Waals surface area contributed by atoms with Gasteiger partial charge in [-0.1, -0.05) is 12.5 Å². The van der Waals surface area contributed by atoms with Crippen LogP contribution in [0.3, 0.4) is 0 Å². The van der Waals surface area contributed by atoms with Crippen LogP contribution in [0.5, 0.6) is 0 Å². The molecule has 1 aromatic carbocycles. The number of halogens is 2. The Balaban J connectivity index is 2.13.